The number of imidazole rings is 1. The van der Waals surface area contributed by atoms with Gasteiger partial charge in [0.05, 0.1) is 18.4 Å². The van der Waals surface area contributed by atoms with Gasteiger partial charge in [0.15, 0.2) is 0 Å². The van der Waals surface area contributed by atoms with Gasteiger partial charge in [-0.1, -0.05) is 0 Å². The van der Waals surface area contributed by atoms with Crippen LogP contribution in [-0.2, 0) is 4.74 Å². The topological polar surface area (TPSA) is 50.1 Å². The second-order valence-electron chi connectivity index (χ2n) is 6.99. The summed E-state index contributed by atoms with van der Waals surface area (Å²) in [5.41, 5.74) is 0.739. The number of carbonyl (C=O) groups is 1. The molecule has 0 radical (unpaired) electrons. The summed E-state index contributed by atoms with van der Waals surface area (Å²) >= 11 is 1.57. The molecule has 6 nitrogen and oxygen atoms in total. The van der Waals surface area contributed by atoms with Crippen molar-refractivity contribution in [2.24, 2.45) is 0 Å². The van der Waals surface area contributed by atoms with Crippen molar-refractivity contribution in [1.82, 2.24) is 19.2 Å². The quantitative estimate of drug-likeness (QED) is 0.852. The monoisotopic (exact) mass is 348 g/mol. The number of rotatable bonds is 3. The van der Waals surface area contributed by atoms with Gasteiger partial charge < -0.3 is 9.64 Å². The van der Waals surface area contributed by atoms with E-state index in [1.165, 1.54) is 0 Å². The van der Waals surface area contributed by atoms with E-state index in [1.807, 2.05) is 9.78 Å². The third kappa shape index (κ3) is 2.96. The van der Waals surface area contributed by atoms with E-state index in [9.17, 15) is 4.79 Å². The molecule has 7 heteroatoms. The van der Waals surface area contributed by atoms with Crippen molar-refractivity contribution >= 4 is 22.1 Å². The van der Waals surface area contributed by atoms with Crippen molar-refractivity contribution in [3.05, 3.63) is 23.6 Å². The number of ether oxygens (including phenoxy) is 1. The number of carbonyl (C=O) groups excluding carboxylic acids is 1. The van der Waals surface area contributed by atoms with Gasteiger partial charge in [-0.15, -0.1) is 11.3 Å². The van der Waals surface area contributed by atoms with Crippen LogP contribution in [0.5, 0.6) is 0 Å². The fourth-order valence-corrected chi connectivity index (χ4v) is 4.88. The Kier molecular flexibility index (Phi) is 4.32. The molecule has 2 aliphatic heterocycles. The van der Waals surface area contributed by atoms with E-state index >= 15 is 0 Å². The van der Waals surface area contributed by atoms with E-state index in [0.717, 1.165) is 49.5 Å². The third-order valence-corrected chi connectivity index (χ3v) is 5.86. The van der Waals surface area contributed by atoms with Gasteiger partial charge in [-0.25, -0.2) is 4.98 Å². The fraction of sp³-hybridized carbons (Fsp3) is 0.647. The van der Waals surface area contributed by atoms with Crippen molar-refractivity contribution in [2.75, 3.05) is 26.2 Å². The molecule has 24 heavy (non-hydrogen) atoms. The largest absolute Gasteiger partial charge is 0.373 e. The number of hydrogen-bond acceptors (Lipinski definition) is 5. The number of amides is 1. The Hall–Kier alpha value is -1.44. The van der Waals surface area contributed by atoms with E-state index in [-0.39, 0.29) is 18.1 Å². The Labute approximate surface area is 146 Å². The minimum absolute atomic E-state index is 0.135. The van der Waals surface area contributed by atoms with Crippen LogP contribution in [0.2, 0.25) is 0 Å². The normalized spacial score (nSPS) is 28.8. The average Bonchev–Trinajstić information content (AvgIpc) is 3.21. The third-order valence-electron chi connectivity index (χ3n) is 4.98. The highest BCUT2D eigenvalue weighted by atomic mass is 32.1. The molecule has 0 aromatic carbocycles. The minimum atomic E-state index is 0.135. The molecule has 130 valence electrons. The minimum Gasteiger partial charge on any atom is -0.373 e. The lowest BCUT2D eigenvalue weighted by Gasteiger charge is -2.38. The highest BCUT2D eigenvalue weighted by molar-refractivity contribution is 7.15. The van der Waals surface area contributed by atoms with Crippen LogP contribution in [0.1, 0.15) is 37.2 Å². The van der Waals surface area contributed by atoms with Crippen LogP contribution in [0, 0.1) is 0 Å². The summed E-state index contributed by atoms with van der Waals surface area (Å²) in [5, 5.41) is 1.95. The van der Waals surface area contributed by atoms with Crippen LogP contribution >= 0.6 is 11.3 Å². The maximum absolute atomic E-state index is 13.0. The van der Waals surface area contributed by atoms with Crippen LogP contribution < -0.4 is 0 Å². The number of aromatic nitrogens is 2. The maximum Gasteiger partial charge on any atom is 0.272 e. The van der Waals surface area contributed by atoms with Gasteiger partial charge in [-0.05, 0) is 26.7 Å². The predicted octanol–water partition coefficient (Wildman–Crippen LogP) is 2.11. The molecule has 2 saturated heterocycles. The summed E-state index contributed by atoms with van der Waals surface area (Å²) < 4.78 is 7.73. The maximum atomic E-state index is 13.0. The SMILES string of the molecule is C[C@@H]1CN(C[C@@H]2CCCN2C(=O)c2csc3cncn23)C[C@H](C)O1. The first-order valence-electron chi connectivity index (χ1n) is 8.70. The van der Waals surface area contributed by atoms with Crippen LogP contribution in [0.3, 0.4) is 0 Å². The van der Waals surface area contributed by atoms with Crippen molar-refractivity contribution in [3.63, 3.8) is 0 Å². The van der Waals surface area contributed by atoms with Gasteiger partial charge >= 0.3 is 0 Å². The zero-order valence-corrected chi connectivity index (χ0v) is 15.0. The summed E-state index contributed by atoms with van der Waals surface area (Å²) in [4.78, 5) is 22.7. The number of nitrogens with zero attached hydrogens (tertiary/aromatic N) is 4. The van der Waals surface area contributed by atoms with E-state index in [1.54, 1.807) is 23.9 Å². The standard InChI is InChI=1S/C17H24N4O2S/c1-12-7-19(8-13(2)23-12)9-14-4-3-5-20(14)17(22)15-10-24-16-6-18-11-21(15)16/h6,10-14H,3-5,7-9H2,1-2H3/t12-,13+,14-/m0/s1. The lowest BCUT2D eigenvalue weighted by molar-refractivity contribution is -0.0715. The predicted molar refractivity (Wildman–Crippen MR) is 93.6 cm³/mol. The molecular weight excluding hydrogens is 324 g/mol. The zero-order valence-electron chi connectivity index (χ0n) is 14.2. The number of likely N-dealkylation sites (tertiary alicyclic amines) is 1. The highest BCUT2D eigenvalue weighted by Gasteiger charge is 2.33. The molecule has 2 aliphatic rings. The number of hydrogen-bond donors (Lipinski definition) is 0. The molecule has 0 bridgehead atoms. The van der Waals surface area contributed by atoms with E-state index < -0.39 is 0 Å². The number of morpholine rings is 1. The fourth-order valence-electron chi connectivity index (χ4n) is 4.05. The van der Waals surface area contributed by atoms with Crippen molar-refractivity contribution in [1.29, 1.82) is 0 Å². The molecule has 2 fully saturated rings. The Morgan fingerprint density at radius 3 is 2.96 bits per heavy atom. The van der Waals surface area contributed by atoms with Crippen LogP contribution in [0.25, 0.3) is 4.83 Å². The summed E-state index contributed by atoms with van der Waals surface area (Å²) in [6.45, 7) is 7.95. The molecule has 0 spiro atoms. The Balaban J connectivity index is 1.48. The summed E-state index contributed by atoms with van der Waals surface area (Å²) in [6, 6.07) is 0.300. The van der Waals surface area contributed by atoms with Gasteiger partial charge in [0.2, 0.25) is 0 Å². The van der Waals surface area contributed by atoms with Gasteiger partial charge in [0.1, 0.15) is 16.9 Å². The second-order valence-corrected chi connectivity index (χ2v) is 7.88. The van der Waals surface area contributed by atoms with Gasteiger partial charge in [-0.2, -0.15) is 0 Å². The van der Waals surface area contributed by atoms with Crippen molar-refractivity contribution < 1.29 is 9.53 Å². The van der Waals surface area contributed by atoms with E-state index in [4.69, 9.17) is 4.74 Å². The smallest absolute Gasteiger partial charge is 0.272 e. The van der Waals surface area contributed by atoms with Gasteiger partial charge in [0, 0.05) is 37.6 Å². The molecule has 2 aromatic heterocycles. The molecule has 0 N–H and O–H groups in total. The first-order chi connectivity index (χ1) is 11.6. The lowest BCUT2D eigenvalue weighted by Crippen LogP contribution is -2.51. The Morgan fingerprint density at radius 2 is 2.17 bits per heavy atom. The Bertz CT molecular complexity index is 717. The molecule has 1 amide bonds. The summed E-state index contributed by atoms with van der Waals surface area (Å²) in [7, 11) is 0. The second kappa shape index (κ2) is 6.46. The van der Waals surface area contributed by atoms with Crippen LogP contribution in [-0.4, -0.2) is 69.5 Å². The molecule has 4 heterocycles. The van der Waals surface area contributed by atoms with Gasteiger partial charge in [-0.3, -0.25) is 14.1 Å². The zero-order chi connectivity index (χ0) is 16.7. The number of fused-ring (bicyclic) bond motifs is 1. The molecule has 4 rings (SSSR count). The average molecular weight is 348 g/mol. The summed E-state index contributed by atoms with van der Waals surface area (Å²) in [6.07, 6.45) is 6.24. The lowest BCUT2D eigenvalue weighted by atomic mass is 10.1. The molecule has 3 atom stereocenters. The van der Waals surface area contributed by atoms with Crippen molar-refractivity contribution in [2.45, 2.75) is 44.9 Å². The first kappa shape index (κ1) is 16.1. The molecule has 0 unspecified atom stereocenters. The molecular formula is C17H24N4O2S. The molecule has 0 aliphatic carbocycles. The number of thiazole rings is 1. The molecule has 2 aromatic rings. The Morgan fingerprint density at radius 1 is 1.38 bits per heavy atom. The van der Waals surface area contributed by atoms with Crippen molar-refractivity contribution in [3.8, 4) is 0 Å². The van der Waals surface area contributed by atoms with Crippen LogP contribution in [0.4, 0.5) is 0 Å². The van der Waals surface area contributed by atoms with Crippen LogP contribution in [0.15, 0.2) is 17.9 Å². The molecule has 0 saturated carbocycles. The van der Waals surface area contributed by atoms with E-state index in [2.05, 4.69) is 28.6 Å². The highest BCUT2D eigenvalue weighted by Crippen LogP contribution is 2.24. The van der Waals surface area contributed by atoms with Gasteiger partial charge in [0.25, 0.3) is 5.91 Å². The van der Waals surface area contributed by atoms with E-state index in [0.29, 0.717) is 6.04 Å². The first-order valence-corrected chi connectivity index (χ1v) is 9.58. The summed E-state index contributed by atoms with van der Waals surface area (Å²) in [5.74, 6) is 0.135.